The van der Waals surface area contributed by atoms with Gasteiger partial charge in [0.05, 0.1) is 44.1 Å². The summed E-state index contributed by atoms with van der Waals surface area (Å²) in [6.45, 7) is 0. The maximum atomic E-state index is 2.47. The number of aromatic nitrogens is 4. The highest BCUT2D eigenvalue weighted by Crippen LogP contribution is 2.45. The van der Waals surface area contributed by atoms with E-state index in [9.17, 15) is 0 Å². The van der Waals surface area contributed by atoms with E-state index < -0.39 is 0 Å². The molecule has 0 fully saturated rings. The molecule has 4 heteroatoms. The minimum Gasteiger partial charge on any atom is -0.309 e. The molecule has 540 valence electrons. The topological polar surface area (TPSA) is 19.7 Å². The zero-order chi connectivity index (χ0) is 76.3. The maximum absolute atomic E-state index is 2.47. The van der Waals surface area contributed by atoms with Gasteiger partial charge in [0.1, 0.15) is 0 Å². The van der Waals surface area contributed by atoms with Crippen molar-refractivity contribution in [1.29, 1.82) is 0 Å². The highest BCUT2D eigenvalue weighted by atomic mass is 15.0. The molecule has 0 aliphatic heterocycles. The predicted octanol–water partition coefficient (Wildman–Crippen LogP) is 30.4. The van der Waals surface area contributed by atoms with Gasteiger partial charge in [-0.1, -0.05) is 291 Å². The Morgan fingerprint density at radius 3 is 0.724 bits per heavy atom. The highest BCUT2D eigenvalue weighted by Gasteiger charge is 2.22. The van der Waals surface area contributed by atoms with E-state index in [1.165, 1.54) is 208 Å². The summed E-state index contributed by atoms with van der Waals surface area (Å²) >= 11 is 0. The molecule has 4 aromatic heterocycles. The van der Waals surface area contributed by atoms with E-state index >= 15 is 0 Å². The molecule has 20 aromatic carbocycles. The summed E-state index contributed by atoms with van der Waals surface area (Å²) in [4.78, 5) is 0. The van der Waals surface area contributed by atoms with Crippen LogP contribution in [0.1, 0.15) is 0 Å². The molecule has 0 amide bonds. The lowest BCUT2D eigenvalue weighted by atomic mass is 9.92. The second-order valence-electron chi connectivity index (χ2n) is 30.7. The fraction of sp³-hybridized carbons (Fsp3) is 0. The van der Waals surface area contributed by atoms with Crippen LogP contribution < -0.4 is 0 Å². The molecule has 0 atom stereocenters. The Bertz CT molecular complexity index is 7880. The molecule has 0 saturated heterocycles. The van der Waals surface area contributed by atoms with Gasteiger partial charge >= 0.3 is 0 Å². The van der Waals surface area contributed by atoms with Gasteiger partial charge in [0.25, 0.3) is 0 Å². The van der Waals surface area contributed by atoms with E-state index in [1.54, 1.807) is 0 Å². The van der Waals surface area contributed by atoms with Crippen LogP contribution in [-0.4, -0.2) is 18.3 Å². The van der Waals surface area contributed by atoms with Crippen molar-refractivity contribution in [2.45, 2.75) is 0 Å². The largest absolute Gasteiger partial charge is 0.309 e. The van der Waals surface area contributed by atoms with Gasteiger partial charge < -0.3 is 18.3 Å². The molecule has 0 aliphatic carbocycles. The third-order valence-electron chi connectivity index (χ3n) is 24.1. The molecule has 4 heterocycles. The smallest absolute Gasteiger partial charge is 0.0541 e. The average molecular weight is 1470 g/mol. The van der Waals surface area contributed by atoms with Gasteiger partial charge in [-0.3, -0.25) is 0 Å². The van der Waals surface area contributed by atoms with Crippen LogP contribution in [0.5, 0.6) is 0 Å². The minimum atomic E-state index is 1.14. The molecule has 24 rings (SSSR count). The Kier molecular flexibility index (Phi) is 15.6. The summed E-state index contributed by atoms with van der Waals surface area (Å²) in [6.07, 6.45) is 0. The van der Waals surface area contributed by atoms with Crippen molar-refractivity contribution >= 4 is 130 Å². The Hall–Kier alpha value is -15.4. The first-order valence-corrected chi connectivity index (χ1v) is 40.0. The molecule has 0 unspecified atom stereocenters. The van der Waals surface area contributed by atoms with Gasteiger partial charge in [0.2, 0.25) is 0 Å². The van der Waals surface area contributed by atoms with E-state index in [0.717, 1.165) is 11.4 Å². The fourth-order valence-electron chi connectivity index (χ4n) is 18.7. The number of para-hydroxylation sites is 6. The second-order valence-corrected chi connectivity index (χ2v) is 30.7. The van der Waals surface area contributed by atoms with Crippen LogP contribution in [-0.2, 0) is 0 Å². The molecule has 0 aliphatic rings. The highest BCUT2D eigenvalue weighted by molar-refractivity contribution is 6.16. The van der Waals surface area contributed by atoms with E-state index in [1.807, 2.05) is 0 Å². The van der Waals surface area contributed by atoms with Gasteiger partial charge in [-0.05, 0) is 255 Å². The molecule has 0 radical (unpaired) electrons. The van der Waals surface area contributed by atoms with Crippen molar-refractivity contribution in [2.24, 2.45) is 0 Å². The van der Waals surface area contributed by atoms with Gasteiger partial charge in [-0.25, -0.2) is 0 Å². The van der Waals surface area contributed by atoms with E-state index in [2.05, 4.69) is 455 Å². The normalized spacial score (nSPS) is 11.8. The zero-order valence-electron chi connectivity index (χ0n) is 63.4. The van der Waals surface area contributed by atoms with E-state index in [4.69, 9.17) is 0 Å². The first kappa shape index (κ1) is 66.4. The number of fused-ring (bicyclic) bond motifs is 16. The Morgan fingerprint density at radius 1 is 0.112 bits per heavy atom. The molecule has 24 aromatic rings. The van der Waals surface area contributed by atoms with Crippen LogP contribution in [0.4, 0.5) is 0 Å². The van der Waals surface area contributed by atoms with Crippen molar-refractivity contribution < 1.29 is 0 Å². The Labute approximate surface area is 670 Å². The molecular weight excluding hydrogens is 1400 g/mol. The quantitative estimate of drug-likeness (QED) is 0.130. The summed E-state index contributed by atoms with van der Waals surface area (Å²) in [7, 11) is 0. The first-order valence-electron chi connectivity index (χ1n) is 40.0. The monoisotopic (exact) mass is 1470 g/mol. The summed E-state index contributed by atoms with van der Waals surface area (Å²) in [6, 6.07) is 160. The van der Waals surface area contributed by atoms with Crippen LogP contribution in [0.15, 0.2) is 437 Å². The predicted molar refractivity (Wildman–Crippen MR) is 493 cm³/mol. The number of nitrogens with zero attached hydrogens (tertiary/aromatic N) is 4. The second kappa shape index (κ2) is 27.2. The SMILES string of the molecule is c1ccc(-n2c3ccccc3c3cc(-c4ccc5c(c4)c4ccccc4n5-c4cc(-c5ccc6ccccc6c5)cc(-c5ccc6ccccc6c5)c4)ccc32)cc1.c1ccc(-n2c3ccccc3c3cc(-c4ccc5c(c4)c4ccccc4n5-c4cc(-c5cccc6ccccc56)cc(-c5cccc6ccccc56)c4)ccc32)cc1. The summed E-state index contributed by atoms with van der Waals surface area (Å²) in [5, 5.41) is 19.9. The molecule has 0 spiro atoms. The third kappa shape index (κ3) is 11.1. The zero-order valence-corrected chi connectivity index (χ0v) is 63.4. The van der Waals surface area contributed by atoms with Crippen molar-refractivity contribution in [3.63, 3.8) is 0 Å². The summed E-state index contributed by atoms with van der Waals surface area (Å²) in [5.74, 6) is 0. The molecule has 0 N–H and O–H groups in total. The number of hydrogen-bond donors (Lipinski definition) is 0. The van der Waals surface area contributed by atoms with Crippen molar-refractivity contribution in [3.8, 4) is 89.5 Å². The molecule has 4 nitrogen and oxygen atoms in total. The van der Waals surface area contributed by atoms with Gasteiger partial charge in [-0.2, -0.15) is 0 Å². The summed E-state index contributed by atoms with van der Waals surface area (Å²) < 4.78 is 9.68. The van der Waals surface area contributed by atoms with Gasteiger partial charge in [0, 0.05) is 65.8 Å². The van der Waals surface area contributed by atoms with Crippen LogP contribution in [0.25, 0.3) is 220 Å². The standard InChI is InChI=1S/2C56H36N2/c1-2-18-43(19-3-1)57-53-26-10-8-22-49(53)51-35-39(28-30-55(51)57)40-29-31-56-52(36-40)50-23-9-11-27-54(50)58(56)44-33-41(47-24-12-16-37-14-4-6-20-45(37)47)32-42(34-44)48-25-13-17-38-15-5-7-21-46(38)48;1-2-16-47(17-3-1)57-53-20-10-8-18-49(53)51-35-43(26-28-55(51)57)44-27-29-56-52(36-44)50-19-9-11-21-54(50)58(56)48-33-45(41-24-22-37-12-4-6-14-39(37)30-41)32-46(34-48)42-25-23-38-13-5-7-15-40(38)31-42/h2*1-36H. The van der Waals surface area contributed by atoms with Crippen LogP contribution >= 0.6 is 0 Å². The molecule has 116 heavy (non-hydrogen) atoms. The van der Waals surface area contributed by atoms with Crippen molar-refractivity contribution in [1.82, 2.24) is 18.3 Å². The lowest BCUT2D eigenvalue weighted by molar-refractivity contribution is 1.18. The molecule has 0 saturated carbocycles. The van der Waals surface area contributed by atoms with Crippen molar-refractivity contribution in [3.05, 3.63) is 437 Å². The van der Waals surface area contributed by atoms with Crippen LogP contribution in [0, 0.1) is 0 Å². The molecular formula is C112H72N4. The van der Waals surface area contributed by atoms with E-state index in [-0.39, 0.29) is 0 Å². The lowest BCUT2D eigenvalue weighted by Gasteiger charge is -2.16. The van der Waals surface area contributed by atoms with Crippen LogP contribution in [0.3, 0.4) is 0 Å². The fourth-order valence-corrected chi connectivity index (χ4v) is 18.7. The summed E-state index contributed by atoms with van der Waals surface area (Å²) in [5.41, 5.74) is 28.7. The maximum Gasteiger partial charge on any atom is 0.0541 e. The Balaban J connectivity index is 0.000000137. The lowest BCUT2D eigenvalue weighted by Crippen LogP contribution is -1.96. The average Bonchev–Trinajstić information content (AvgIpc) is 1.55. The van der Waals surface area contributed by atoms with Gasteiger partial charge in [0.15, 0.2) is 0 Å². The number of rotatable bonds is 10. The Morgan fingerprint density at radius 2 is 0.362 bits per heavy atom. The third-order valence-corrected chi connectivity index (χ3v) is 24.1. The first-order chi connectivity index (χ1) is 57.5. The number of hydrogen-bond acceptors (Lipinski definition) is 0. The van der Waals surface area contributed by atoms with Crippen molar-refractivity contribution in [2.75, 3.05) is 0 Å². The van der Waals surface area contributed by atoms with E-state index in [0.29, 0.717) is 0 Å². The molecule has 0 bridgehead atoms. The van der Waals surface area contributed by atoms with Crippen LogP contribution in [0.2, 0.25) is 0 Å². The minimum absolute atomic E-state index is 1.14. The number of benzene rings is 20. The van der Waals surface area contributed by atoms with Gasteiger partial charge in [-0.15, -0.1) is 0 Å².